The van der Waals surface area contributed by atoms with Gasteiger partial charge in [-0.15, -0.1) is 11.3 Å². The topological polar surface area (TPSA) is 67.4 Å². The Morgan fingerprint density at radius 2 is 1.81 bits per heavy atom. The van der Waals surface area contributed by atoms with Crippen molar-refractivity contribution < 1.29 is 14.3 Å². The summed E-state index contributed by atoms with van der Waals surface area (Å²) in [5.41, 5.74) is 6.68. The van der Waals surface area contributed by atoms with Gasteiger partial charge in [-0.3, -0.25) is 20.4 Å². The van der Waals surface area contributed by atoms with Gasteiger partial charge in [-0.1, -0.05) is 17.7 Å². The van der Waals surface area contributed by atoms with E-state index in [0.29, 0.717) is 10.6 Å². The zero-order chi connectivity index (χ0) is 15.2. The molecule has 1 heterocycles. The van der Waals surface area contributed by atoms with Gasteiger partial charge in [0, 0.05) is 0 Å². The van der Waals surface area contributed by atoms with Crippen molar-refractivity contribution in [1.29, 1.82) is 0 Å². The highest BCUT2D eigenvalue weighted by atomic mass is 32.1. The van der Waals surface area contributed by atoms with Gasteiger partial charge in [0.2, 0.25) is 0 Å². The second-order valence-corrected chi connectivity index (χ2v) is 5.45. The molecular weight excluding hydrogens is 288 g/mol. The Balaban J connectivity index is 1.76. The molecule has 1 aromatic heterocycles. The third kappa shape index (κ3) is 4.32. The number of hydrogen-bond donors (Lipinski definition) is 2. The number of rotatable bonds is 4. The monoisotopic (exact) mass is 304 g/mol. The first-order valence-corrected chi connectivity index (χ1v) is 7.27. The molecule has 0 spiro atoms. The maximum absolute atomic E-state index is 11.8. The maximum Gasteiger partial charge on any atom is 0.280 e. The van der Waals surface area contributed by atoms with Gasteiger partial charge in [0.1, 0.15) is 5.75 Å². The summed E-state index contributed by atoms with van der Waals surface area (Å²) in [5.74, 6) is -0.138. The molecular formula is C15H16N2O3S. The Hall–Kier alpha value is -2.34. The number of thiophene rings is 1. The number of carbonyl (C=O) groups excluding carboxylic acids is 2. The Labute approximate surface area is 126 Å². The molecule has 110 valence electrons. The van der Waals surface area contributed by atoms with Crippen LogP contribution < -0.4 is 15.6 Å². The van der Waals surface area contributed by atoms with E-state index < -0.39 is 5.91 Å². The number of aryl methyl sites for hydroxylation is 2. The fraction of sp³-hybridized carbons (Fsp3) is 0.200. The molecule has 5 nitrogen and oxygen atoms in total. The number of ether oxygens (including phenoxy) is 1. The minimum absolute atomic E-state index is 0.160. The molecule has 0 unspecified atom stereocenters. The molecule has 0 atom stereocenters. The molecule has 0 fully saturated rings. The molecule has 2 amide bonds. The molecule has 0 radical (unpaired) electrons. The molecule has 2 aromatic rings. The molecule has 0 saturated heterocycles. The first kappa shape index (κ1) is 15.1. The average molecular weight is 304 g/mol. The zero-order valence-corrected chi connectivity index (χ0v) is 12.6. The molecule has 0 aliphatic rings. The smallest absolute Gasteiger partial charge is 0.280 e. The minimum atomic E-state index is -0.418. The quantitative estimate of drug-likeness (QED) is 0.851. The van der Waals surface area contributed by atoms with E-state index in [1.54, 1.807) is 12.1 Å². The van der Waals surface area contributed by atoms with E-state index in [4.69, 9.17) is 4.74 Å². The maximum atomic E-state index is 11.8. The van der Waals surface area contributed by atoms with Gasteiger partial charge in [-0.2, -0.15) is 0 Å². The van der Waals surface area contributed by atoms with E-state index in [9.17, 15) is 9.59 Å². The fourth-order valence-electron chi connectivity index (χ4n) is 1.61. The Morgan fingerprint density at radius 1 is 1.10 bits per heavy atom. The van der Waals surface area contributed by atoms with Gasteiger partial charge in [-0.05, 0) is 43.0 Å². The number of amides is 2. The highest BCUT2D eigenvalue weighted by Crippen LogP contribution is 2.14. The number of hydrogen-bond acceptors (Lipinski definition) is 4. The third-order valence-electron chi connectivity index (χ3n) is 2.77. The lowest BCUT2D eigenvalue weighted by atomic mass is 10.2. The molecule has 2 N–H and O–H groups in total. The number of hydrazine groups is 1. The molecule has 0 aliphatic heterocycles. The van der Waals surface area contributed by atoms with Crippen LogP contribution >= 0.6 is 11.3 Å². The van der Waals surface area contributed by atoms with Gasteiger partial charge in [0.15, 0.2) is 6.61 Å². The van der Waals surface area contributed by atoms with Crippen molar-refractivity contribution in [2.45, 2.75) is 13.8 Å². The highest BCUT2D eigenvalue weighted by molar-refractivity contribution is 7.12. The van der Waals surface area contributed by atoms with Crippen LogP contribution in [0, 0.1) is 13.8 Å². The summed E-state index contributed by atoms with van der Waals surface area (Å²) in [6.07, 6.45) is 0. The van der Waals surface area contributed by atoms with Crippen molar-refractivity contribution in [2.75, 3.05) is 6.61 Å². The predicted octanol–water partition coefficient (Wildman–Crippen LogP) is 2.20. The molecule has 0 aliphatic carbocycles. The molecule has 0 saturated carbocycles. The second-order valence-electron chi connectivity index (χ2n) is 4.54. The molecule has 6 heteroatoms. The van der Waals surface area contributed by atoms with Crippen LogP contribution in [0.3, 0.4) is 0 Å². The van der Waals surface area contributed by atoms with Gasteiger partial charge in [0.25, 0.3) is 11.8 Å². The van der Waals surface area contributed by atoms with Crippen LogP contribution in [0.1, 0.15) is 20.8 Å². The van der Waals surface area contributed by atoms with Crippen molar-refractivity contribution in [2.24, 2.45) is 0 Å². The van der Waals surface area contributed by atoms with Crippen LogP contribution in [0.4, 0.5) is 0 Å². The average Bonchev–Trinajstić information content (AvgIpc) is 2.90. The molecule has 0 bridgehead atoms. The molecule has 2 rings (SSSR count). The summed E-state index contributed by atoms with van der Waals surface area (Å²) in [5, 5.41) is 1.83. The van der Waals surface area contributed by atoms with Gasteiger partial charge in [-0.25, -0.2) is 0 Å². The van der Waals surface area contributed by atoms with Crippen LogP contribution in [0.25, 0.3) is 0 Å². The minimum Gasteiger partial charge on any atom is -0.484 e. The van der Waals surface area contributed by atoms with Crippen LogP contribution in [0.5, 0.6) is 5.75 Å². The van der Waals surface area contributed by atoms with Crippen molar-refractivity contribution >= 4 is 23.2 Å². The number of nitrogens with one attached hydrogen (secondary N) is 2. The van der Waals surface area contributed by atoms with Gasteiger partial charge in [0.05, 0.1) is 4.88 Å². The summed E-state index contributed by atoms with van der Waals surface area (Å²) < 4.78 is 5.31. The van der Waals surface area contributed by atoms with Crippen LogP contribution in [-0.2, 0) is 4.79 Å². The lowest BCUT2D eigenvalue weighted by Crippen LogP contribution is -2.43. The van der Waals surface area contributed by atoms with Crippen molar-refractivity contribution in [3.8, 4) is 5.75 Å². The number of benzene rings is 1. The van der Waals surface area contributed by atoms with E-state index in [1.807, 2.05) is 37.4 Å². The lowest BCUT2D eigenvalue weighted by Gasteiger charge is -2.08. The normalized spacial score (nSPS) is 10.0. The van der Waals surface area contributed by atoms with Crippen LogP contribution in [-0.4, -0.2) is 18.4 Å². The van der Waals surface area contributed by atoms with Crippen molar-refractivity contribution in [3.63, 3.8) is 0 Å². The Kier molecular flexibility index (Phi) is 4.94. The molecule has 21 heavy (non-hydrogen) atoms. The first-order chi connectivity index (χ1) is 10.1. The lowest BCUT2D eigenvalue weighted by molar-refractivity contribution is -0.123. The zero-order valence-electron chi connectivity index (χ0n) is 11.8. The number of carbonyl (C=O) groups is 2. The van der Waals surface area contributed by atoms with E-state index >= 15 is 0 Å². The standard InChI is InChI=1S/C15H16N2O3S/c1-10-3-5-12(6-4-10)20-9-13(18)16-17-15(19)14-11(2)7-8-21-14/h3-8H,9H2,1-2H3,(H,16,18)(H,17,19). The Bertz CT molecular complexity index is 635. The van der Waals surface area contributed by atoms with Crippen LogP contribution in [0.2, 0.25) is 0 Å². The summed E-state index contributed by atoms with van der Waals surface area (Å²) in [4.78, 5) is 24.0. The summed E-state index contributed by atoms with van der Waals surface area (Å²) in [7, 11) is 0. The molecule has 1 aromatic carbocycles. The van der Waals surface area contributed by atoms with E-state index in [0.717, 1.165) is 11.1 Å². The van der Waals surface area contributed by atoms with Crippen molar-refractivity contribution in [1.82, 2.24) is 10.9 Å². The second kappa shape index (κ2) is 6.90. The summed E-state index contributed by atoms with van der Waals surface area (Å²) >= 11 is 1.33. The summed E-state index contributed by atoms with van der Waals surface area (Å²) in [6.45, 7) is 3.65. The van der Waals surface area contributed by atoms with E-state index in [1.165, 1.54) is 11.3 Å². The Morgan fingerprint density at radius 3 is 2.43 bits per heavy atom. The van der Waals surface area contributed by atoms with Crippen molar-refractivity contribution in [3.05, 3.63) is 51.7 Å². The van der Waals surface area contributed by atoms with Crippen LogP contribution in [0.15, 0.2) is 35.7 Å². The SMILES string of the molecule is Cc1ccc(OCC(=O)NNC(=O)c2sccc2C)cc1. The summed E-state index contributed by atoms with van der Waals surface area (Å²) in [6, 6.07) is 9.22. The largest absolute Gasteiger partial charge is 0.484 e. The van der Waals surface area contributed by atoms with Gasteiger partial charge < -0.3 is 4.74 Å². The van der Waals surface area contributed by atoms with E-state index in [2.05, 4.69) is 10.9 Å². The highest BCUT2D eigenvalue weighted by Gasteiger charge is 2.11. The predicted molar refractivity (Wildman–Crippen MR) is 81.3 cm³/mol. The fourth-order valence-corrected chi connectivity index (χ4v) is 2.43. The first-order valence-electron chi connectivity index (χ1n) is 6.39. The van der Waals surface area contributed by atoms with E-state index in [-0.39, 0.29) is 12.5 Å². The van der Waals surface area contributed by atoms with Gasteiger partial charge >= 0.3 is 0 Å². The third-order valence-corrected chi connectivity index (χ3v) is 3.79.